The molecule has 6 nitrogen and oxygen atoms in total. The lowest BCUT2D eigenvalue weighted by molar-refractivity contribution is -0.120. The Morgan fingerprint density at radius 1 is 1.39 bits per heavy atom. The molecule has 94 valence electrons. The van der Waals surface area contributed by atoms with Crippen LogP contribution < -0.4 is 10.2 Å². The molecule has 1 aromatic carbocycles. The largest absolute Gasteiger partial charge is 0.465 e. The lowest BCUT2D eigenvalue weighted by Gasteiger charge is -2.20. The Morgan fingerprint density at radius 2 is 2.06 bits per heavy atom. The Kier molecular flexibility index (Phi) is 3.01. The molecule has 1 aromatic rings. The van der Waals surface area contributed by atoms with E-state index in [1.54, 1.807) is 24.3 Å². The van der Waals surface area contributed by atoms with Crippen molar-refractivity contribution in [2.24, 2.45) is 0 Å². The Labute approximate surface area is 103 Å². The molecule has 0 saturated carbocycles. The highest BCUT2D eigenvalue weighted by atomic mass is 16.4. The first-order valence-electron chi connectivity index (χ1n) is 5.40. The number of carboxylic acid groups (broad SMARTS) is 1. The molecular formula is C12H12N2O4. The van der Waals surface area contributed by atoms with Gasteiger partial charge in [-0.2, -0.15) is 0 Å². The maximum atomic E-state index is 12.0. The summed E-state index contributed by atoms with van der Waals surface area (Å²) in [6.07, 6.45) is -1.48. The maximum absolute atomic E-state index is 12.0. The molecule has 0 aromatic heterocycles. The smallest absolute Gasteiger partial charge is 0.405 e. The SMILES string of the molecule is CN1C(=O)C(NC(=O)O)CC(=O)c2ccccc21. The fraction of sp³-hybridized carbons (Fsp3) is 0.250. The van der Waals surface area contributed by atoms with E-state index in [2.05, 4.69) is 5.32 Å². The van der Waals surface area contributed by atoms with Crippen LogP contribution in [0, 0.1) is 0 Å². The van der Waals surface area contributed by atoms with Gasteiger partial charge in [0.15, 0.2) is 5.78 Å². The number of nitrogens with zero attached hydrogens (tertiary/aromatic N) is 1. The summed E-state index contributed by atoms with van der Waals surface area (Å²) in [7, 11) is 1.52. The van der Waals surface area contributed by atoms with Gasteiger partial charge in [0.25, 0.3) is 0 Å². The van der Waals surface area contributed by atoms with E-state index in [-0.39, 0.29) is 12.2 Å². The molecule has 1 heterocycles. The Bertz CT molecular complexity index is 527. The standard InChI is InChI=1S/C12H12N2O4/c1-14-9-5-3-2-4-7(9)10(15)6-8(11(14)16)13-12(17)18/h2-5,8,13H,6H2,1H3,(H,17,18). The highest BCUT2D eigenvalue weighted by Gasteiger charge is 2.32. The van der Waals surface area contributed by atoms with Gasteiger partial charge in [0.05, 0.1) is 5.69 Å². The summed E-state index contributed by atoms with van der Waals surface area (Å²) in [5.74, 6) is -0.683. The third-order valence-corrected chi connectivity index (χ3v) is 2.88. The molecule has 0 bridgehead atoms. The molecule has 0 saturated heterocycles. The molecule has 1 aliphatic rings. The van der Waals surface area contributed by atoms with Crippen molar-refractivity contribution in [1.82, 2.24) is 5.32 Å². The topological polar surface area (TPSA) is 86.7 Å². The summed E-state index contributed by atoms with van der Waals surface area (Å²) in [5.41, 5.74) is 0.935. The van der Waals surface area contributed by atoms with Gasteiger partial charge in [-0.05, 0) is 12.1 Å². The van der Waals surface area contributed by atoms with E-state index in [0.29, 0.717) is 11.3 Å². The minimum absolute atomic E-state index is 0.160. The van der Waals surface area contributed by atoms with Crippen molar-refractivity contribution in [2.75, 3.05) is 11.9 Å². The number of amides is 2. The molecule has 1 atom stereocenters. The van der Waals surface area contributed by atoms with E-state index in [4.69, 9.17) is 5.11 Å². The van der Waals surface area contributed by atoms with Gasteiger partial charge in [0, 0.05) is 19.0 Å². The summed E-state index contributed by atoms with van der Waals surface area (Å²) in [5, 5.41) is 10.7. The summed E-state index contributed by atoms with van der Waals surface area (Å²) >= 11 is 0. The molecular weight excluding hydrogens is 236 g/mol. The minimum Gasteiger partial charge on any atom is -0.465 e. The number of carbonyl (C=O) groups is 3. The van der Waals surface area contributed by atoms with Crippen molar-refractivity contribution in [3.8, 4) is 0 Å². The second-order valence-corrected chi connectivity index (χ2v) is 4.04. The van der Waals surface area contributed by atoms with Gasteiger partial charge >= 0.3 is 6.09 Å². The zero-order chi connectivity index (χ0) is 13.3. The Hall–Kier alpha value is -2.37. The lowest BCUT2D eigenvalue weighted by atomic mass is 10.0. The van der Waals surface area contributed by atoms with Gasteiger partial charge in [-0.1, -0.05) is 12.1 Å². The zero-order valence-corrected chi connectivity index (χ0v) is 9.71. The van der Waals surface area contributed by atoms with Crippen molar-refractivity contribution in [3.63, 3.8) is 0 Å². The predicted molar refractivity (Wildman–Crippen MR) is 63.7 cm³/mol. The highest BCUT2D eigenvalue weighted by molar-refractivity contribution is 6.12. The molecule has 18 heavy (non-hydrogen) atoms. The molecule has 2 rings (SSSR count). The van der Waals surface area contributed by atoms with Crippen LogP contribution >= 0.6 is 0 Å². The van der Waals surface area contributed by atoms with Crippen LogP contribution in [0.3, 0.4) is 0 Å². The zero-order valence-electron chi connectivity index (χ0n) is 9.71. The van der Waals surface area contributed by atoms with Gasteiger partial charge in [-0.3, -0.25) is 9.59 Å². The van der Waals surface area contributed by atoms with E-state index in [1.165, 1.54) is 11.9 Å². The van der Waals surface area contributed by atoms with E-state index in [9.17, 15) is 14.4 Å². The number of rotatable bonds is 1. The van der Waals surface area contributed by atoms with E-state index in [1.807, 2.05) is 0 Å². The highest BCUT2D eigenvalue weighted by Crippen LogP contribution is 2.25. The number of Topliss-reactive ketones (excluding diaryl/α,β-unsaturated/α-hetero) is 1. The number of para-hydroxylation sites is 1. The molecule has 0 radical (unpaired) electrons. The first-order valence-corrected chi connectivity index (χ1v) is 5.40. The van der Waals surface area contributed by atoms with E-state index >= 15 is 0 Å². The van der Waals surface area contributed by atoms with Crippen molar-refractivity contribution >= 4 is 23.5 Å². The normalized spacial score (nSPS) is 19.2. The molecule has 2 N–H and O–H groups in total. The van der Waals surface area contributed by atoms with Crippen LogP contribution in [0.2, 0.25) is 0 Å². The number of anilines is 1. The van der Waals surface area contributed by atoms with E-state index in [0.717, 1.165) is 0 Å². The van der Waals surface area contributed by atoms with Crippen LogP contribution in [-0.4, -0.2) is 36.0 Å². The Balaban J connectivity index is 2.41. The number of fused-ring (bicyclic) bond motifs is 1. The summed E-state index contributed by atoms with van der Waals surface area (Å²) in [6, 6.07) is 5.69. The van der Waals surface area contributed by atoms with Crippen LogP contribution in [0.4, 0.5) is 10.5 Å². The molecule has 2 amide bonds. The molecule has 1 aliphatic heterocycles. The monoisotopic (exact) mass is 248 g/mol. The van der Waals surface area contributed by atoms with Gasteiger partial charge in [0.1, 0.15) is 6.04 Å². The van der Waals surface area contributed by atoms with Crippen molar-refractivity contribution in [1.29, 1.82) is 0 Å². The number of likely N-dealkylation sites (N-methyl/N-ethyl adjacent to an activating group) is 1. The number of carbonyl (C=O) groups excluding carboxylic acids is 2. The quantitative estimate of drug-likeness (QED) is 0.772. The van der Waals surface area contributed by atoms with E-state index < -0.39 is 18.0 Å². The summed E-state index contributed by atoms with van der Waals surface area (Å²) < 4.78 is 0. The summed E-state index contributed by atoms with van der Waals surface area (Å²) in [6.45, 7) is 0. The second kappa shape index (κ2) is 4.48. The van der Waals surface area contributed by atoms with Crippen LogP contribution in [0.5, 0.6) is 0 Å². The third-order valence-electron chi connectivity index (χ3n) is 2.88. The number of hydrogen-bond donors (Lipinski definition) is 2. The molecule has 0 spiro atoms. The first-order chi connectivity index (χ1) is 8.50. The second-order valence-electron chi connectivity index (χ2n) is 4.04. The number of nitrogens with one attached hydrogen (secondary N) is 1. The maximum Gasteiger partial charge on any atom is 0.405 e. The summed E-state index contributed by atoms with van der Waals surface area (Å²) in [4.78, 5) is 35.9. The third kappa shape index (κ3) is 2.04. The first kappa shape index (κ1) is 12.1. The lowest BCUT2D eigenvalue weighted by Crippen LogP contribution is -2.46. The van der Waals surface area contributed by atoms with Gasteiger partial charge < -0.3 is 15.3 Å². The van der Waals surface area contributed by atoms with Crippen molar-refractivity contribution in [2.45, 2.75) is 12.5 Å². The van der Waals surface area contributed by atoms with Crippen LogP contribution in [0.15, 0.2) is 24.3 Å². The van der Waals surface area contributed by atoms with Crippen LogP contribution in [0.25, 0.3) is 0 Å². The predicted octanol–water partition coefficient (Wildman–Crippen LogP) is 0.872. The molecule has 0 aliphatic carbocycles. The Morgan fingerprint density at radius 3 is 2.72 bits per heavy atom. The van der Waals surface area contributed by atoms with Gasteiger partial charge in [-0.15, -0.1) is 0 Å². The number of benzene rings is 1. The molecule has 0 fully saturated rings. The van der Waals surface area contributed by atoms with Crippen LogP contribution in [0.1, 0.15) is 16.8 Å². The average Bonchev–Trinajstić information content (AvgIpc) is 2.42. The van der Waals surface area contributed by atoms with Gasteiger partial charge in [0.2, 0.25) is 5.91 Å². The average molecular weight is 248 g/mol. The molecule has 6 heteroatoms. The van der Waals surface area contributed by atoms with Crippen molar-refractivity contribution in [3.05, 3.63) is 29.8 Å². The number of ketones is 1. The van der Waals surface area contributed by atoms with Crippen LogP contribution in [-0.2, 0) is 4.79 Å². The fourth-order valence-corrected chi connectivity index (χ4v) is 2.00. The molecule has 1 unspecified atom stereocenters. The number of hydrogen-bond acceptors (Lipinski definition) is 3. The van der Waals surface area contributed by atoms with Gasteiger partial charge in [-0.25, -0.2) is 4.79 Å². The van der Waals surface area contributed by atoms with Crippen molar-refractivity contribution < 1.29 is 19.5 Å². The fourth-order valence-electron chi connectivity index (χ4n) is 2.00. The minimum atomic E-state index is -1.32.